The van der Waals surface area contributed by atoms with Crippen LogP contribution in [0.2, 0.25) is 0 Å². The molecule has 1 amide bonds. The number of methoxy groups -OCH3 is 1. The Morgan fingerprint density at radius 1 is 1.25 bits per heavy atom. The lowest BCUT2D eigenvalue weighted by Crippen LogP contribution is -2.51. The van der Waals surface area contributed by atoms with Crippen LogP contribution in [0.25, 0.3) is 0 Å². The summed E-state index contributed by atoms with van der Waals surface area (Å²) in [4.78, 5) is 11.9. The maximum absolute atomic E-state index is 13.8. The van der Waals surface area contributed by atoms with Crippen LogP contribution in [-0.4, -0.2) is 40.1 Å². The lowest BCUT2D eigenvalue weighted by Gasteiger charge is -2.24. The first-order chi connectivity index (χ1) is 11.2. The molecular formula is C16H25FN2O4S. The third-order valence-electron chi connectivity index (χ3n) is 3.50. The average Bonchev–Trinajstić information content (AvgIpc) is 2.50. The Labute approximate surface area is 142 Å². The van der Waals surface area contributed by atoms with Crippen molar-refractivity contribution in [2.24, 2.45) is 5.92 Å². The van der Waals surface area contributed by atoms with Crippen molar-refractivity contribution in [3.63, 3.8) is 0 Å². The summed E-state index contributed by atoms with van der Waals surface area (Å²) < 4.78 is 45.8. The van der Waals surface area contributed by atoms with Gasteiger partial charge < -0.3 is 10.1 Å². The Balaban J connectivity index is 2.89. The summed E-state index contributed by atoms with van der Waals surface area (Å²) in [6.07, 6.45) is 0.604. The first-order valence-electron chi connectivity index (χ1n) is 7.75. The molecule has 0 saturated heterocycles. The minimum absolute atomic E-state index is 0.170. The SMILES string of the molecule is COCCC(C)NC(=O)[C@@H](NS(=O)(=O)c1ccccc1F)C(C)C. The molecule has 1 unspecified atom stereocenters. The molecule has 0 aromatic heterocycles. The van der Waals surface area contributed by atoms with Gasteiger partial charge in [-0.2, -0.15) is 4.72 Å². The largest absolute Gasteiger partial charge is 0.385 e. The number of benzene rings is 1. The summed E-state index contributed by atoms with van der Waals surface area (Å²) in [7, 11) is -2.58. The van der Waals surface area contributed by atoms with Gasteiger partial charge in [0.15, 0.2) is 0 Å². The molecule has 24 heavy (non-hydrogen) atoms. The monoisotopic (exact) mass is 360 g/mol. The number of carbonyl (C=O) groups excluding carboxylic acids is 1. The lowest BCUT2D eigenvalue weighted by molar-refractivity contribution is -0.124. The van der Waals surface area contributed by atoms with Gasteiger partial charge in [-0.25, -0.2) is 12.8 Å². The molecule has 2 atom stereocenters. The van der Waals surface area contributed by atoms with E-state index in [2.05, 4.69) is 10.0 Å². The van der Waals surface area contributed by atoms with Gasteiger partial charge in [0, 0.05) is 19.8 Å². The Bertz CT molecular complexity index is 649. The molecule has 6 nitrogen and oxygen atoms in total. The molecule has 0 spiro atoms. The van der Waals surface area contributed by atoms with Crippen LogP contribution in [0.4, 0.5) is 4.39 Å². The fourth-order valence-corrected chi connectivity index (χ4v) is 3.51. The van der Waals surface area contributed by atoms with E-state index < -0.39 is 32.7 Å². The van der Waals surface area contributed by atoms with Crippen LogP contribution < -0.4 is 10.0 Å². The number of sulfonamides is 1. The summed E-state index contributed by atoms with van der Waals surface area (Å²) >= 11 is 0. The van der Waals surface area contributed by atoms with Crippen molar-refractivity contribution >= 4 is 15.9 Å². The number of amides is 1. The molecule has 0 heterocycles. The molecule has 0 fully saturated rings. The zero-order chi connectivity index (χ0) is 18.3. The number of halogens is 1. The first-order valence-corrected chi connectivity index (χ1v) is 9.23. The standard InChI is InChI=1S/C16H25FN2O4S/c1-11(2)15(16(20)18-12(3)9-10-23-4)19-24(21,22)14-8-6-5-7-13(14)17/h5-8,11-12,15,19H,9-10H2,1-4H3,(H,18,20)/t12?,15-/m0/s1. The smallest absolute Gasteiger partial charge is 0.244 e. The Kier molecular flexibility index (Phi) is 7.78. The van der Waals surface area contributed by atoms with Crippen LogP contribution in [0, 0.1) is 11.7 Å². The highest BCUT2D eigenvalue weighted by molar-refractivity contribution is 7.89. The quantitative estimate of drug-likeness (QED) is 0.702. The van der Waals surface area contributed by atoms with Crippen molar-refractivity contribution in [1.82, 2.24) is 10.0 Å². The van der Waals surface area contributed by atoms with E-state index in [1.807, 2.05) is 0 Å². The molecule has 2 N–H and O–H groups in total. The predicted molar refractivity (Wildman–Crippen MR) is 89.4 cm³/mol. The molecule has 0 aliphatic rings. The van der Waals surface area contributed by atoms with Crippen molar-refractivity contribution in [2.75, 3.05) is 13.7 Å². The number of nitrogens with one attached hydrogen (secondary N) is 2. The molecule has 1 rings (SSSR count). The number of hydrogen-bond donors (Lipinski definition) is 2. The number of hydrogen-bond acceptors (Lipinski definition) is 4. The molecule has 136 valence electrons. The van der Waals surface area contributed by atoms with E-state index in [-0.39, 0.29) is 12.0 Å². The maximum Gasteiger partial charge on any atom is 0.244 e. The Morgan fingerprint density at radius 3 is 2.42 bits per heavy atom. The first kappa shape index (κ1) is 20.5. The zero-order valence-corrected chi connectivity index (χ0v) is 15.2. The van der Waals surface area contributed by atoms with E-state index >= 15 is 0 Å². The van der Waals surface area contributed by atoms with Gasteiger partial charge >= 0.3 is 0 Å². The second kappa shape index (κ2) is 9.10. The second-order valence-electron chi connectivity index (χ2n) is 5.96. The van der Waals surface area contributed by atoms with Crippen LogP contribution >= 0.6 is 0 Å². The van der Waals surface area contributed by atoms with Gasteiger partial charge in [0.05, 0.1) is 0 Å². The molecule has 0 bridgehead atoms. The zero-order valence-electron chi connectivity index (χ0n) is 14.4. The third kappa shape index (κ3) is 5.85. The van der Waals surface area contributed by atoms with Gasteiger partial charge in [-0.15, -0.1) is 0 Å². The van der Waals surface area contributed by atoms with Crippen LogP contribution in [0.5, 0.6) is 0 Å². The summed E-state index contributed by atoms with van der Waals surface area (Å²) in [5.41, 5.74) is 0. The highest BCUT2D eigenvalue weighted by Crippen LogP contribution is 2.15. The molecule has 0 radical (unpaired) electrons. The van der Waals surface area contributed by atoms with Gasteiger partial charge in [0.25, 0.3) is 0 Å². The van der Waals surface area contributed by atoms with E-state index in [0.717, 1.165) is 12.1 Å². The van der Waals surface area contributed by atoms with E-state index in [1.54, 1.807) is 27.9 Å². The van der Waals surface area contributed by atoms with E-state index in [0.29, 0.717) is 13.0 Å². The lowest BCUT2D eigenvalue weighted by atomic mass is 10.0. The van der Waals surface area contributed by atoms with Gasteiger partial charge in [-0.05, 0) is 31.4 Å². The van der Waals surface area contributed by atoms with Crippen LogP contribution in [0.3, 0.4) is 0 Å². The topological polar surface area (TPSA) is 84.5 Å². The van der Waals surface area contributed by atoms with Crippen molar-refractivity contribution < 1.29 is 22.3 Å². The molecule has 1 aromatic carbocycles. The van der Waals surface area contributed by atoms with Crippen LogP contribution in [0.15, 0.2) is 29.2 Å². The fourth-order valence-electron chi connectivity index (χ4n) is 2.09. The van der Waals surface area contributed by atoms with Gasteiger partial charge in [-0.3, -0.25) is 4.79 Å². The highest BCUT2D eigenvalue weighted by Gasteiger charge is 2.30. The molecular weight excluding hydrogens is 335 g/mol. The average molecular weight is 360 g/mol. The molecule has 0 aliphatic carbocycles. The van der Waals surface area contributed by atoms with Gasteiger partial charge in [0.2, 0.25) is 15.9 Å². The molecule has 0 aliphatic heterocycles. The minimum Gasteiger partial charge on any atom is -0.385 e. The summed E-state index contributed by atoms with van der Waals surface area (Å²) in [6, 6.07) is 3.88. The van der Waals surface area contributed by atoms with Crippen molar-refractivity contribution in [3.05, 3.63) is 30.1 Å². The van der Waals surface area contributed by atoms with E-state index in [1.165, 1.54) is 12.1 Å². The summed E-state index contributed by atoms with van der Waals surface area (Å²) in [5.74, 6) is -1.61. The molecule has 8 heteroatoms. The third-order valence-corrected chi connectivity index (χ3v) is 4.98. The fraction of sp³-hybridized carbons (Fsp3) is 0.562. The van der Waals surface area contributed by atoms with Gasteiger partial charge in [-0.1, -0.05) is 26.0 Å². The molecule has 1 aromatic rings. The number of rotatable bonds is 9. The number of ether oxygens (including phenoxy) is 1. The van der Waals surface area contributed by atoms with Crippen molar-refractivity contribution in [3.8, 4) is 0 Å². The van der Waals surface area contributed by atoms with Crippen molar-refractivity contribution in [2.45, 2.75) is 44.2 Å². The minimum atomic E-state index is -4.14. The highest BCUT2D eigenvalue weighted by atomic mass is 32.2. The predicted octanol–water partition coefficient (Wildman–Crippen LogP) is 1.67. The Hall–Kier alpha value is -1.51. The van der Waals surface area contributed by atoms with Crippen LogP contribution in [0.1, 0.15) is 27.2 Å². The second-order valence-corrected chi connectivity index (χ2v) is 7.65. The van der Waals surface area contributed by atoms with E-state index in [9.17, 15) is 17.6 Å². The Morgan fingerprint density at radius 2 is 1.88 bits per heavy atom. The number of carbonyl (C=O) groups is 1. The maximum atomic E-state index is 13.8. The molecule has 0 saturated carbocycles. The van der Waals surface area contributed by atoms with E-state index in [4.69, 9.17) is 4.74 Å². The van der Waals surface area contributed by atoms with Crippen LogP contribution in [-0.2, 0) is 19.6 Å². The summed E-state index contributed by atoms with van der Waals surface area (Å²) in [6.45, 7) is 5.72. The normalized spacial score (nSPS) is 14.4. The van der Waals surface area contributed by atoms with Crippen molar-refractivity contribution in [1.29, 1.82) is 0 Å². The summed E-state index contributed by atoms with van der Waals surface area (Å²) in [5, 5.41) is 2.75. The van der Waals surface area contributed by atoms with Gasteiger partial charge in [0.1, 0.15) is 16.8 Å².